The zero-order chi connectivity index (χ0) is 42.2. The van der Waals surface area contributed by atoms with Gasteiger partial charge in [-0.3, -0.25) is 14.9 Å². The number of carbonyl (C=O) groups is 2. The van der Waals surface area contributed by atoms with Crippen molar-refractivity contribution in [3.8, 4) is 5.75 Å². The fraction of sp³-hybridized carbons (Fsp3) is 0.750. The second-order valence-electron chi connectivity index (χ2n) is 16.8. The van der Waals surface area contributed by atoms with Gasteiger partial charge in [0, 0.05) is 33.6 Å². The Labute approximate surface area is 347 Å². The molecule has 5 rings (SSSR count). The summed E-state index contributed by atoms with van der Waals surface area (Å²) in [5.74, 6) is 0.756. The van der Waals surface area contributed by atoms with Crippen LogP contribution in [0.5, 0.6) is 5.75 Å². The number of unbranched alkanes of at least 4 members (excludes halogenated alkanes) is 1. The number of rotatable bonds is 10. The summed E-state index contributed by atoms with van der Waals surface area (Å²) in [6.07, 6.45) is 0.263. The lowest BCUT2D eigenvalue weighted by Crippen LogP contribution is -2.58. The molecule has 17 heteroatoms. The number of fused-ring (bicyclic) bond motifs is 2. The molecular weight excluding hydrogens is 775 g/mol. The first-order valence-corrected chi connectivity index (χ1v) is 21.5. The molecule has 10 atom stereocenters. The van der Waals surface area contributed by atoms with E-state index in [9.17, 15) is 19.8 Å². The molecular formula is C40H65N5O10S2. The minimum Gasteiger partial charge on any atom is -0.497 e. The Balaban J connectivity index is 0.000000350. The summed E-state index contributed by atoms with van der Waals surface area (Å²) in [5, 5.41) is 24.4. The molecule has 4 heterocycles. The number of thioether (sulfide) groups is 2. The molecule has 57 heavy (non-hydrogen) atoms. The summed E-state index contributed by atoms with van der Waals surface area (Å²) >= 11 is 2.88. The van der Waals surface area contributed by atoms with Gasteiger partial charge in [-0.15, -0.1) is 0 Å². The van der Waals surface area contributed by atoms with Crippen LogP contribution in [0.1, 0.15) is 86.6 Å². The van der Waals surface area contributed by atoms with Crippen LogP contribution in [0.3, 0.4) is 0 Å². The van der Waals surface area contributed by atoms with Crippen LogP contribution in [0.2, 0.25) is 0 Å². The Morgan fingerprint density at radius 2 is 1.56 bits per heavy atom. The average Bonchev–Trinajstić information content (AvgIpc) is 3.77. The number of nitrogens with zero attached hydrogens (tertiary/aromatic N) is 4. The fourth-order valence-electron chi connectivity index (χ4n) is 6.60. The lowest BCUT2D eigenvalue weighted by molar-refractivity contribution is -0.158. The number of ether oxygens (including phenoxy) is 6. The Hall–Kier alpha value is -2.80. The van der Waals surface area contributed by atoms with Gasteiger partial charge < -0.3 is 48.9 Å². The normalized spacial score (nSPS) is 30.2. The number of amides is 2. The lowest BCUT2D eigenvalue weighted by Gasteiger charge is -2.42. The first-order chi connectivity index (χ1) is 26.7. The van der Waals surface area contributed by atoms with Crippen LogP contribution in [0.25, 0.3) is 0 Å². The van der Waals surface area contributed by atoms with Gasteiger partial charge in [-0.2, -0.15) is 0 Å². The smallest absolute Gasteiger partial charge is 0.416 e. The molecule has 0 aromatic heterocycles. The molecule has 3 N–H and O–H groups in total. The van der Waals surface area contributed by atoms with Gasteiger partial charge >= 0.3 is 12.2 Å². The summed E-state index contributed by atoms with van der Waals surface area (Å²) in [7, 11) is 6.71. The number of benzene rings is 1. The molecule has 2 amide bonds. The summed E-state index contributed by atoms with van der Waals surface area (Å²) in [4.78, 5) is 37.2. The van der Waals surface area contributed by atoms with Gasteiger partial charge in [-0.25, -0.2) is 9.59 Å². The first-order valence-electron chi connectivity index (χ1n) is 19.7. The zero-order valence-corrected chi connectivity index (χ0v) is 37.2. The molecule has 0 saturated carbocycles. The van der Waals surface area contributed by atoms with Crippen LogP contribution < -0.4 is 10.1 Å². The van der Waals surface area contributed by atoms with Gasteiger partial charge in [0.15, 0.2) is 10.3 Å². The highest BCUT2D eigenvalue weighted by Gasteiger charge is 2.50. The highest BCUT2D eigenvalue weighted by molar-refractivity contribution is 8.14. The number of amidine groups is 2. The quantitative estimate of drug-likeness (QED) is 0.257. The summed E-state index contributed by atoms with van der Waals surface area (Å²) in [6.45, 7) is 16.1. The largest absolute Gasteiger partial charge is 0.497 e. The SMILES string of the molecule is CCCC[C@H]1O[C@@H]2SC(=NC)N[C@@H]2[C@@H](O)[C@@H]1O.COc1ccc(CO[C@H]2[C@H](C)[C@@H](CCN(C)C(=O)OC(C)(C)C)O[C@@H]3SC(N(C)C(=O)OC(C)(C)C)=N[C@H]23)cc1. The van der Waals surface area contributed by atoms with Gasteiger partial charge in [0.05, 0.1) is 38.1 Å². The van der Waals surface area contributed by atoms with Gasteiger partial charge in [0.25, 0.3) is 0 Å². The van der Waals surface area contributed by atoms with E-state index >= 15 is 0 Å². The van der Waals surface area contributed by atoms with E-state index in [1.165, 1.54) is 28.4 Å². The molecule has 0 spiro atoms. The van der Waals surface area contributed by atoms with Gasteiger partial charge in [-0.05, 0) is 72.1 Å². The second-order valence-corrected chi connectivity index (χ2v) is 18.9. The number of aliphatic hydroxyl groups excluding tert-OH is 2. The van der Waals surface area contributed by atoms with Crippen molar-refractivity contribution in [3.63, 3.8) is 0 Å². The maximum Gasteiger partial charge on any atom is 0.416 e. The molecule has 0 radical (unpaired) electrons. The van der Waals surface area contributed by atoms with Crippen LogP contribution >= 0.6 is 23.5 Å². The average molecular weight is 840 g/mol. The fourth-order valence-corrected chi connectivity index (χ4v) is 8.88. The highest BCUT2D eigenvalue weighted by atomic mass is 32.2. The van der Waals surface area contributed by atoms with E-state index in [2.05, 4.69) is 24.2 Å². The second kappa shape index (κ2) is 20.4. The third-order valence-electron chi connectivity index (χ3n) is 9.78. The summed E-state index contributed by atoms with van der Waals surface area (Å²) in [6, 6.07) is 7.19. The standard InChI is InChI=1S/C29H45N3O7S.C11H20N2O3S/c1-18-21(15-16-31(8)26(33)38-28(2,3)4)37-24-22(23(18)36-17-19-11-13-20(35-10)14-12-19)30-25(40-24)32(9)27(34)39-29(5,6)7;1-3-4-5-6-8(14)9(15)7-10(16-6)17-11(12-2)13-7/h11-14,18,21-24H,15-17H2,1-10H3;6-10,14-15H,3-5H2,1-2H3,(H,12,13)/t18-,21-,22-,23+,24-;6-,7-,8-,9-,10-/m11/s1. The minimum absolute atomic E-state index is 0.0259. The van der Waals surface area contributed by atoms with Crippen LogP contribution in [-0.4, -0.2) is 142 Å². The predicted octanol–water partition coefficient (Wildman–Crippen LogP) is 5.85. The third-order valence-corrected chi connectivity index (χ3v) is 12.2. The van der Waals surface area contributed by atoms with E-state index in [0.29, 0.717) is 24.7 Å². The van der Waals surface area contributed by atoms with Crippen molar-refractivity contribution in [2.24, 2.45) is 15.9 Å². The van der Waals surface area contributed by atoms with E-state index in [-0.39, 0.29) is 53.3 Å². The van der Waals surface area contributed by atoms with Gasteiger partial charge in [-0.1, -0.05) is 62.3 Å². The van der Waals surface area contributed by atoms with Crippen LogP contribution in [0.4, 0.5) is 9.59 Å². The predicted molar refractivity (Wildman–Crippen MR) is 224 cm³/mol. The number of methoxy groups -OCH3 is 1. The molecule has 1 aromatic carbocycles. The number of carbonyl (C=O) groups excluding carboxylic acids is 2. The molecule has 4 aliphatic rings. The molecule has 0 aliphatic carbocycles. The molecule has 0 unspecified atom stereocenters. The first kappa shape index (κ1) is 46.9. The van der Waals surface area contributed by atoms with E-state index < -0.39 is 29.5 Å². The molecule has 1 aromatic rings. The maximum atomic E-state index is 12.7. The number of hydrogen-bond donors (Lipinski definition) is 3. The Kier molecular flexibility index (Phi) is 16.8. The van der Waals surface area contributed by atoms with E-state index in [1.54, 1.807) is 33.2 Å². The van der Waals surface area contributed by atoms with Crippen molar-refractivity contribution in [2.75, 3.05) is 34.8 Å². The number of nitrogens with one attached hydrogen (secondary N) is 1. The molecule has 4 aliphatic heterocycles. The maximum absolute atomic E-state index is 12.7. The Morgan fingerprint density at radius 1 is 0.930 bits per heavy atom. The van der Waals surface area contributed by atoms with E-state index in [0.717, 1.165) is 35.7 Å². The van der Waals surface area contributed by atoms with Crippen molar-refractivity contribution in [3.05, 3.63) is 29.8 Å². The lowest BCUT2D eigenvalue weighted by atomic mass is 9.88. The number of hydrogen-bond acceptors (Lipinski definition) is 14. The van der Waals surface area contributed by atoms with Crippen molar-refractivity contribution >= 4 is 46.0 Å². The topological polar surface area (TPSA) is 173 Å². The summed E-state index contributed by atoms with van der Waals surface area (Å²) < 4.78 is 35.2. The van der Waals surface area contributed by atoms with Crippen molar-refractivity contribution < 1.29 is 48.2 Å². The van der Waals surface area contributed by atoms with Crippen molar-refractivity contribution in [2.45, 2.75) is 152 Å². The molecule has 322 valence electrons. The van der Waals surface area contributed by atoms with Crippen LogP contribution in [0.15, 0.2) is 34.3 Å². The third kappa shape index (κ3) is 13.1. The molecule has 3 saturated heterocycles. The molecule has 15 nitrogen and oxygen atoms in total. The highest BCUT2D eigenvalue weighted by Crippen LogP contribution is 2.42. The summed E-state index contributed by atoms with van der Waals surface area (Å²) in [5.41, 5.74) is -0.662. The molecule has 0 bridgehead atoms. The van der Waals surface area contributed by atoms with E-state index in [1.807, 2.05) is 65.8 Å². The zero-order valence-electron chi connectivity index (χ0n) is 35.6. The van der Waals surface area contributed by atoms with Gasteiger partial charge in [0.2, 0.25) is 0 Å². The number of aliphatic imine (C=N–C) groups is 2. The minimum atomic E-state index is -0.813. The number of aliphatic hydroxyl groups is 2. The van der Waals surface area contributed by atoms with Crippen LogP contribution in [0, 0.1) is 5.92 Å². The van der Waals surface area contributed by atoms with Crippen molar-refractivity contribution in [1.82, 2.24) is 15.1 Å². The monoisotopic (exact) mass is 839 g/mol. The molecule has 3 fully saturated rings. The Bertz CT molecular complexity index is 1540. The Morgan fingerprint density at radius 3 is 2.16 bits per heavy atom. The van der Waals surface area contributed by atoms with Crippen molar-refractivity contribution in [1.29, 1.82) is 0 Å². The van der Waals surface area contributed by atoms with Gasteiger partial charge in [0.1, 0.15) is 46.1 Å². The van der Waals surface area contributed by atoms with Crippen LogP contribution in [-0.2, 0) is 30.3 Å². The van der Waals surface area contributed by atoms with E-state index in [4.69, 9.17) is 33.4 Å².